The largest absolute Gasteiger partial charge is 0.373 e. The summed E-state index contributed by atoms with van der Waals surface area (Å²) in [5.41, 5.74) is 0.760. The second-order valence-electron chi connectivity index (χ2n) is 6.58. The minimum Gasteiger partial charge on any atom is -0.373 e. The molecule has 0 aromatic heterocycles. The van der Waals surface area contributed by atoms with E-state index in [0.717, 1.165) is 29.8 Å². The Balaban J connectivity index is 1.60. The molecule has 1 saturated heterocycles. The molecule has 1 unspecified atom stereocenters. The van der Waals surface area contributed by atoms with E-state index >= 15 is 0 Å². The van der Waals surface area contributed by atoms with E-state index in [1.807, 2.05) is 0 Å². The van der Waals surface area contributed by atoms with E-state index < -0.39 is 0 Å². The molecule has 1 atom stereocenters. The molecule has 1 heteroatoms. The highest BCUT2D eigenvalue weighted by atomic mass is 16.6. The Bertz CT molecular complexity index is 213. The molecule has 4 bridgehead atoms. The zero-order valence-corrected chi connectivity index (χ0v) is 8.87. The lowest BCUT2D eigenvalue weighted by Gasteiger charge is -2.57. The molecule has 14 heavy (non-hydrogen) atoms. The van der Waals surface area contributed by atoms with Crippen LogP contribution in [0.2, 0.25) is 0 Å². The fourth-order valence-electron chi connectivity index (χ4n) is 5.21. The molecule has 1 nitrogen and oxygen atoms in total. The van der Waals surface area contributed by atoms with Gasteiger partial charge in [0.05, 0.1) is 12.7 Å². The van der Waals surface area contributed by atoms with Crippen molar-refractivity contribution in [2.45, 2.75) is 51.0 Å². The van der Waals surface area contributed by atoms with Crippen LogP contribution in [-0.4, -0.2) is 12.7 Å². The van der Waals surface area contributed by atoms with Crippen molar-refractivity contribution in [2.75, 3.05) is 6.61 Å². The van der Waals surface area contributed by atoms with Gasteiger partial charge in [0, 0.05) is 0 Å². The first-order chi connectivity index (χ1) is 6.81. The quantitative estimate of drug-likeness (QED) is 0.613. The van der Waals surface area contributed by atoms with Crippen molar-refractivity contribution in [2.24, 2.45) is 23.2 Å². The van der Waals surface area contributed by atoms with Crippen LogP contribution in [0.3, 0.4) is 0 Å². The van der Waals surface area contributed by atoms with Crippen LogP contribution >= 0.6 is 0 Å². The second-order valence-corrected chi connectivity index (χ2v) is 6.58. The first kappa shape index (κ1) is 8.15. The Morgan fingerprint density at radius 1 is 0.929 bits per heavy atom. The zero-order valence-electron chi connectivity index (χ0n) is 8.87. The predicted octanol–water partition coefficient (Wildman–Crippen LogP) is 2.99. The van der Waals surface area contributed by atoms with Gasteiger partial charge in [0.15, 0.2) is 0 Å². The second kappa shape index (κ2) is 2.55. The molecule has 0 N–H and O–H groups in total. The summed E-state index contributed by atoms with van der Waals surface area (Å²) < 4.78 is 5.45. The van der Waals surface area contributed by atoms with Crippen molar-refractivity contribution in [3.63, 3.8) is 0 Å². The Morgan fingerprint density at radius 2 is 1.43 bits per heavy atom. The van der Waals surface area contributed by atoms with Gasteiger partial charge in [0.2, 0.25) is 0 Å². The summed E-state index contributed by atoms with van der Waals surface area (Å²) >= 11 is 0. The summed E-state index contributed by atoms with van der Waals surface area (Å²) in [5.74, 6) is 3.33. The Labute approximate surface area is 86.2 Å². The first-order valence-electron chi connectivity index (χ1n) is 6.43. The Kier molecular flexibility index (Phi) is 1.49. The molecule has 5 fully saturated rings. The molecule has 0 radical (unpaired) electrons. The third-order valence-corrected chi connectivity index (χ3v) is 5.23. The highest BCUT2D eigenvalue weighted by molar-refractivity contribution is 5.02. The maximum Gasteiger partial charge on any atom is 0.0815 e. The van der Waals surface area contributed by atoms with Crippen molar-refractivity contribution >= 4 is 0 Å². The smallest absolute Gasteiger partial charge is 0.0815 e. The molecule has 0 aromatic rings. The van der Waals surface area contributed by atoms with Crippen LogP contribution in [0.15, 0.2) is 0 Å². The average molecular weight is 192 g/mol. The van der Waals surface area contributed by atoms with Gasteiger partial charge in [-0.1, -0.05) is 0 Å². The maximum atomic E-state index is 5.45. The number of rotatable bonds is 2. The summed E-state index contributed by atoms with van der Waals surface area (Å²) in [5, 5.41) is 0. The van der Waals surface area contributed by atoms with E-state index in [-0.39, 0.29) is 0 Å². The van der Waals surface area contributed by atoms with Crippen molar-refractivity contribution in [3.8, 4) is 0 Å². The molecule has 4 aliphatic carbocycles. The van der Waals surface area contributed by atoms with Gasteiger partial charge in [-0.05, 0) is 68.1 Å². The third kappa shape index (κ3) is 1.18. The van der Waals surface area contributed by atoms with Gasteiger partial charge >= 0.3 is 0 Å². The standard InChI is InChI=1S/C13H20O/c1-9-2-11-3-10(1)5-13(4-9,6-11)7-12-8-14-12/h9-12H,1-8H2. The lowest BCUT2D eigenvalue weighted by Crippen LogP contribution is -2.46. The van der Waals surface area contributed by atoms with Crippen molar-refractivity contribution in [3.05, 3.63) is 0 Å². The molecule has 4 saturated carbocycles. The Hall–Kier alpha value is -0.0400. The van der Waals surface area contributed by atoms with E-state index in [1.54, 1.807) is 38.5 Å². The van der Waals surface area contributed by atoms with E-state index in [2.05, 4.69) is 0 Å². The van der Waals surface area contributed by atoms with Crippen molar-refractivity contribution in [1.82, 2.24) is 0 Å². The van der Waals surface area contributed by atoms with Crippen LogP contribution in [0.25, 0.3) is 0 Å². The number of ether oxygens (including phenoxy) is 1. The minimum atomic E-state index is 0.672. The van der Waals surface area contributed by atoms with E-state index in [0.29, 0.717) is 6.10 Å². The van der Waals surface area contributed by atoms with Crippen LogP contribution in [0.4, 0.5) is 0 Å². The van der Waals surface area contributed by atoms with Gasteiger partial charge < -0.3 is 4.74 Å². The summed E-state index contributed by atoms with van der Waals surface area (Å²) in [7, 11) is 0. The highest BCUT2D eigenvalue weighted by Crippen LogP contribution is 2.62. The molecule has 78 valence electrons. The highest BCUT2D eigenvalue weighted by Gasteiger charge is 2.52. The molecule has 0 amide bonds. The lowest BCUT2D eigenvalue weighted by atomic mass is 9.48. The van der Waals surface area contributed by atoms with E-state index in [9.17, 15) is 0 Å². The third-order valence-electron chi connectivity index (χ3n) is 5.23. The fourth-order valence-corrected chi connectivity index (χ4v) is 5.21. The number of hydrogen-bond donors (Lipinski definition) is 0. The number of hydrogen-bond acceptors (Lipinski definition) is 1. The monoisotopic (exact) mass is 192 g/mol. The van der Waals surface area contributed by atoms with Crippen molar-refractivity contribution < 1.29 is 4.74 Å². The summed E-state index contributed by atoms with van der Waals surface area (Å²) in [4.78, 5) is 0. The van der Waals surface area contributed by atoms with Crippen molar-refractivity contribution in [1.29, 1.82) is 0 Å². The van der Waals surface area contributed by atoms with Crippen LogP contribution in [0.5, 0.6) is 0 Å². The summed E-state index contributed by atoms with van der Waals surface area (Å²) in [6.45, 7) is 1.07. The molecule has 5 rings (SSSR count). The molecule has 1 aliphatic heterocycles. The van der Waals surface area contributed by atoms with Crippen LogP contribution in [0.1, 0.15) is 44.9 Å². The first-order valence-corrected chi connectivity index (χ1v) is 6.43. The topological polar surface area (TPSA) is 12.5 Å². The normalized spacial score (nSPS) is 59.1. The van der Waals surface area contributed by atoms with Gasteiger partial charge in [0.1, 0.15) is 0 Å². The van der Waals surface area contributed by atoms with Crippen LogP contribution < -0.4 is 0 Å². The maximum absolute atomic E-state index is 5.45. The van der Waals surface area contributed by atoms with Gasteiger partial charge in [0.25, 0.3) is 0 Å². The fraction of sp³-hybridized carbons (Fsp3) is 1.00. The van der Waals surface area contributed by atoms with Gasteiger partial charge in [-0.25, -0.2) is 0 Å². The van der Waals surface area contributed by atoms with Crippen LogP contribution in [-0.2, 0) is 4.74 Å². The van der Waals surface area contributed by atoms with Gasteiger partial charge in [-0.15, -0.1) is 0 Å². The molecular formula is C13H20O. The SMILES string of the molecule is C1C2CC3CC1CC(CC1CO1)(C2)C3. The molecular weight excluding hydrogens is 172 g/mol. The zero-order chi connectivity index (χ0) is 9.17. The van der Waals surface area contributed by atoms with E-state index in [1.165, 1.54) is 6.42 Å². The van der Waals surface area contributed by atoms with Gasteiger partial charge in [-0.2, -0.15) is 0 Å². The average Bonchev–Trinajstić information content (AvgIpc) is 2.84. The van der Waals surface area contributed by atoms with Gasteiger partial charge in [-0.3, -0.25) is 0 Å². The predicted molar refractivity (Wildman–Crippen MR) is 55.0 cm³/mol. The Morgan fingerprint density at radius 3 is 1.86 bits per heavy atom. The van der Waals surface area contributed by atoms with Crippen LogP contribution in [0, 0.1) is 23.2 Å². The van der Waals surface area contributed by atoms with E-state index in [4.69, 9.17) is 4.74 Å². The minimum absolute atomic E-state index is 0.672. The number of epoxide rings is 1. The molecule has 0 spiro atoms. The summed E-state index contributed by atoms with van der Waals surface area (Å²) in [6, 6.07) is 0. The lowest BCUT2D eigenvalue weighted by molar-refractivity contribution is -0.0603. The molecule has 0 aromatic carbocycles. The summed E-state index contributed by atoms with van der Waals surface area (Å²) in [6.07, 6.45) is 11.5. The molecule has 1 heterocycles. The molecule has 5 aliphatic rings.